The zero-order valence-corrected chi connectivity index (χ0v) is 6.56. The fraction of sp³-hybridized carbons (Fsp3) is 0.556. The number of hydrogen-bond donors (Lipinski definition) is 0. The van der Waals surface area contributed by atoms with E-state index in [9.17, 15) is 0 Å². The zero-order chi connectivity index (χ0) is 7.90. The van der Waals surface area contributed by atoms with Crippen LogP contribution in [0.3, 0.4) is 0 Å². The number of hydrogen-bond acceptors (Lipinski definition) is 2. The molecule has 0 aromatic rings. The molecule has 1 saturated carbocycles. The third kappa shape index (κ3) is 1.03. The molecule has 2 nitrogen and oxygen atoms in total. The smallest absolute Gasteiger partial charge is 0.176 e. The minimum absolute atomic E-state index is 0.367. The first-order valence-corrected chi connectivity index (χ1v) is 3.86. The minimum Gasteiger partial charge on any atom is -0.347 e. The predicted octanol–water partition coefficient (Wildman–Crippen LogP) is 1.64. The molecule has 1 heterocycles. The van der Waals surface area contributed by atoms with Crippen LogP contribution in [0.2, 0.25) is 0 Å². The van der Waals surface area contributed by atoms with Gasteiger partial charge in [0.25, 0.3) is 0 Å². The highest BCUT2D eigenvalue weighted by atomic mass is 16.7. The van der Waals surface area contributed by atoms with Gasteiger partial charge in [-0.1, -0.05) is 13.2 Å². The Balaban J connectivity index is 2.18. The van der Waals surface area contributed by atoms with Crippen LogP contribution in [0.15, 0.2) is 24.3 Å². The Labute approximate surface area is 66.5 Å². The first-order chi connectivity index (χ1) is 5.22. The Morgan fingerprint density at radius 3 is 1.91 bits per heavy atom. The van der Waals surface area contributed by atoms with Crippen molar-refractivity contribution in [2.24, 2.45) is 0 Å². The van der Waals surface area contributed by atoms with E-state index in [1.807, 2.05) is 0 Å². The molecule has 2 heteroatoms. The molecule has 0 N–H and O–H groups in total. The lowest BCUT2D eigenvalue weighted by Crippen LogP contribution is -2.25. The standard InChI is InChI=1S/C9H12O2/c1-7-5-9(6-8(7)2)10-3-4-11-9/h1-6H2. The molecule has 0 amide bonds. The van der Waals surface area contributed by atoms with Gasteiger partial charge in [-0.25, -0.2) is 0 Å². The summed E-state index contributed by atoms with van der Waals surface area (Å²) in [5.41, 5.74) is 2.15. The number of rotatable bonds is 0. The quantitative estimate of drug-likeness (QED) is 0.525. The summed E-state index contributed by atoms with van der Waals surface area (Å²) < 4.78 is 11.0. The molecule has 2 aliphatic rings. The van der Waals surface area contributed by atoms with E-state index in [2.05, 4.69) is 13.2 Å². The van der Waals surface area contributed by atoms with Crippen molar-refractivity contribution in [1.29, 1.82) is 0 Å². The lowest BCUT2D eigenvalue weighted by molar-refractivity contribution is -0.144. The van der Waals surface area contributed by atoms with Crippen LogP contribution in [0, 0.1) is 0 Å². The first kappa shape index (κ1) is 7.07. The van der Waals surface area contributed by atoms with E-state index in [4.69, 9.17) is 9.47 Å². The zero-order valence-electron chi connectivity index (χ0n) is 6.56. The van der Waals surface area contributed by atoms with E-state index in [-0.39, 0.29) is 5.79 Å². The molecule has 0 bridgehead atoms. The van der Waals surface area contributed by atoms with Crippen LogP contribution < -0.4 is 0 Å². The molecule has 0 aromatic carbocycles. The Morgan fingerprint density at radius 2 is 1.45 bits per heavy atom. The SMILES string of the molecule is C=C1CC2(CC1=C)OCCO2. The third-order valence-corrected chi connectivity index (χ3v) is 2.28. The van der Waals surface area contributed by atoms with Gasteiger partial charge >= 0.3 is 0 Å². The van der Waals surface area contributed by atoms with Gasteiger partial charge in [0.1, 0.15) is 0 Å². The topological polar surface area (TPSA) is 18.5 Å². The van der Waals surface area contributed by atoms with E-state index >= 15 is 0 Å². The second kappa shape index (κ2) is 2.19. The van der Waals surface area contributed by atoms with Crippen molar-refractivity contribution < 1.29 is 9.47 Å². The molecule has 11 heavy (non-hydrogen) atoms. The average Bonchev–Trinajstić information content (AvgIpc) is 2.46. The summed E-state index contributed by atoms with van der Waals surface area (Å²) in [6, 6.07) is 0. The van der Waals surface area contributed by atoms with Crippen LogP contribution in [0.4, 0.5) is 0 Å². The maximum absolute atomic E-state index is 5.50. The molecule has 1 aliphatic heterocycles. The summed E-state index contributed by atoms with van der Waals surface area (Å²) in [7, 11) is 0. The van der Waals surface area contributed by atoms with E-state index in [1.165, 1.54) is 0 Å². The van der Waals surface area contributed by atoms with Crippen LogP contribution in [0.25, 0.3) is 0 Å². The van der Waals surface area contributed by atoms with Crippen LogP contribution in [-0.4, -0.2) is 19.0 Å². The van der Waals surface area contributed by atoms with E-state index in [1.54, 1.807) is 0 Å². The van der Waals surface area contributed by atoms with Crippen LogP contribution in [0.5, 0.6) is 0 Å². The Morgan fingerprint density at radius 1 is 1.00 bits per heavy atom. The van der Waals surface area contributed by atoms with E-state index in [0.29, 0.717) is 13.2 Å². The number of ether oxygens (including phenoxy) is 2. The summed E-state index contributed by atoms with van der Waals surface area (Å²) in [5, 5.41) is 0. The van der Waals surface area contributed by atoms with Gasteiger partial charge < -0.3 is 9.47 Å². The molecule has 2 fully saturated rings. The van der Waals surface area contributed by atoms with Gasteiger partial charge in [0, 0.05) is 12.8 Å². The van der Waals surface area contributed by atoms with Crippen LogP contribution in [-0.2, 0) is 9.47 Å². The van der Waals surface area contributed by atoms with Crippen molar-refractivity contribution in [3.63, 3.8) is 0 Å². The third-order valence-electron chi connectivity index (χ3n) is 2.28. The second-order valence-corrected chi connectivity index (χ2v) is 3.17. The fourth-order valence-corrected chi connectivity index (χ4v) is 1.66. The van der Waals surface area contributed by atoms with Crippen molar-refractivity contribution in [2.45, 2.75) is 18.6 Å². The summed E-state index contributed by atoms with van der Waals surface area (Å²) in [4.78, 5) is 0. The first-order valence-electron chi connectivity index (χ1n) is 3.86. The van der Waals surface area contributed by atoms with Crippen molar-refractivity contribution in [3.8, 4) is 0 Å². The van der Waals surface area contributed by atoms with Gasteiger partial charge in [-0.2, -0.15) is 0 Å². The lowest BCUT2D eigenvalue weighted by atomic mass is 10.2. The van der Waals surface area contributed by atoms with Gasteiger partial charge in [-0.3, -0.25) is 0 Å². The molecular formula is C9H12O2. The van der Waals surface area contributed by atoms with Gasteiger partial charge in [0.15, 0.2) is 5.79 Å². The largest absolute Gasteiger partial charge is 0.347 e. The van der Waals surface area contributed by atoms with Gasteiger partial charge in [0.05, 0.1) is 13.2 Å². The monoisotopic (exact) mass is 152 g/mol. The van der Waals surface area contributed by atoms with Crippen molar-refractivity contribution in [1.82, 2.24) is 0 Å². The molecule has 60 valence electrons. The Kier molecular flexibility index (Phi) is 1.41. The molecule has 1 spiro atoms. The van der Waals surface area contributed by atoms with Crippen molar-refractivity contribution >= 4 is 0 Å². The van der Waals surface area contributed by atoms with Crippen LogP contribution in [0.1, 0.15) is 12.8 Å². The predicted molar refractivity (Wildman–Crippen MR) is 42.1 cm³/mol. The van der Waals surface area contributed by atoms with Crippen molar-refractivity contribution in [3.05, 3.63) is 24.3 Å². The highest BCUT2D eigenvalue weighted by molar-refractivity contribution is 5.33. The summed E-state index contributed by atoms with van der Waals surface area (Å²) in [6.45, 7) is 9.21. The summed E-state index contributed by atoms with van der Waals surface area (Å²) in [5.74, 6) is -0.367. The molecular weight excluding hydrogens is 140 g/mol. The lowest BCUT2D eigenvalue weighted by Gasteiger charge is -2.19. The van der Waals surface area contributed by atoms with Gasteiger partial charge in [0.2, 0.25) is 0 Å². The Bertz CT molecular complexity index is 194. The maximum atomic E-state index is 5.50. The molecule has 0 atom stereocenters. The Hall–Kier alpha value is -0.600. The molecule has 0 aromatic heterocycles. The fourth-order valence-electron chi connectivity index (χ4n) is 1.66. The summed E-state index contributed by atoms with van der Waals surface area (Å²) >= 11 is 0. The second-order valence-electron chi connectivity index (χ2n) is 3.17. The van der Waals surface area contributed by atoms with Gasteiger partial charge in [-0.05, 0) is 11.1 Å². The summed E-state index contributed by atoms with van der Waals surface area (Å²) in [6.07, 6.45) is 1.59. The minimum atomic E-state index is -0.367. The van der Waals surface area contributed by atoms with Crippen molar-refractivity contribution in [2.75, 3.05) is 13.2 Å². The molecule has 0 radical (unpaired) electrons. The normalized spacial score (nSPS) is 28.7. The molecule has 1 saturated heterocycles. The molecule has 2 rings (SSSR count). The van der Waals surface area contributed by atoms with E-state index < -0.39 is 0 Å². The highest BCUT2D eigenvalue weighted by Gasteiger charge is 2.42. The molecule has 1 aliphatic carbocycles. The van der Waals surface area contributed by atoms with Gasteiger partial charge in [-0.15, -0.1) is 0 Å². The average molecular weight is 152 g/mol. The molecule has 0 unspecified atom stereocenters. The maximum Gasteiger partial charge on any atom is 0.176 e. The van der Waals surface area contributed by atoms with Crippen LogP contribution >= 0.6 is 0 Å². The van der Waals surface area contributed by atoms with E-state index in [0.717, 1.165) is 24.0 Å². The highest BCUT2D eigenvalue weighted by Crippen LogP contribution is 2.42.